The Morgan fingerprint density at radius 1 is 1.23 bits per heavy atom. The van der Waals surface area contributed by atoms with E-state index in [0.717, 1.165) is 30.1 Å². The van der Waals surface area contributed by atoms with E-state index in [1.807, 2.05) is 7.05 Å². The first-order valence-electron chi connectivity index (χ1n) is 10.9. The van der Waals surface area contributed by atoms with Gasteiger partial charge in [-0.25, -0.2) is 14.8 Å². The molecule has 14 heteroatoms. The maximum atomic E-state index is 13.0. The Labute approximate surface area is 215 Å². The smallest absolute Gasteiger partial charge is 0.407 e. The van der Waals surface area contributed by atoms with E-state index >= 15 is 0 Å². The van der Waals surface area contributed by atoms with Crippen LogP contribution in [0.5, 0.6) is 0 Å². The maximum absolute atomic E-state index is 13.0. The average Bonchev–Trinajstić information content (AvgIpc) is 3.25. The first-order valence-corrected chi connectivity index (χ1v) is 12.5. The maximum Gasteiger partial charge on any atom is 0.407 e. The Morgan fingerprint density at radius 2 is 2.03 bits per heavy atom. The van der Waals surface area contributed by atoms with E-state index in [0.29, 0.717) is 16.5 Å². The molecule has 2 aliphatic heterocycles. The van der Waals surface area contributed by atoms with Gasteiger partial charge in [0.05, 0.1) is 22.8 Å². The Kier molecular flexibility index (Phi) is 7.79. The zero-order chi connectivity index (χ0) is 25.1. The van der Waals surface area contributed by atoms with Crippen molar-refractivity contribution in [1.29, 1.82) is 0 Å². The molecule has 2 atom stereocenters. The molecule has 4 N–H and O–H groups in total. The molecule has 2 aromatic heterocycles. The number of carboxylic acid groups (broad SMARTS) is 1. The van der Waals surface area contributed by atoms with E-state index in [9.17, 15) is 19.5 Å². The van der Waals surface area contributed by atoms with Crippen LogP contribution in [0.4, 0.5) is 10.6 Å². The fourth-order valence-electron chi connectivity index (χ4n) is 3.95. The van der Waals surface area contributed by atoms with Crippen LogP contribution in [0.2, 0.25) is 5.02 Å². The van der Waals surface area contributed by atoms with E-state index in [-0.39, 0.29) is 29.8 Å². The minimum absolute atomic E-state index is 0.0511. The van der Waals surface area contributed by atoms with Gasteiger partial charge in [-0.05, 0) is 25.6 Å². The molecule has 0 spiro atoms. The molecule has 4 heterocycles. The van der Waals surface area contributed by atoms with E-state index in [1.165, 1.54) is 22.4 Å². The molecule has 35 heavy (non-hydrogen) atoms. The number of hydrogen-bond donors (Lipinski definition) is 4. The van der Waals surface area contributed by atoms with E-state index in [4.69, 9.17) is 23.8 Å². The summed E-state index contributed by atoms with van der Waals surface area (Å²) in [7, 11) is 2.02. The molecule has 3 amide bonds. The number of thiazole rings is 1. The summed E-state index contributed by atoms with van der Waals surface area (Å²) in [5.74, 6) is -0.665. The number of pyridine rings is 1. The summed E-state index contributed by atoms with van der Waals surface area (Å²) >= 11 is 12.4. The summed E-state index contributed by atoms with van der Waals surface area (Å²) in [5.41, 5.74) is 0.928. The van der Waals surface area contributed by atoms with E-state index in [1.54, 1.807) is 12.1 Å². The number of aromatic nitrogens is 2. The van der Waals surface area contributed by atoms with E-state index < -0.39 is 24.1 Å². The fraction of sp³-hybridized carbons (Fsp3) is 0.429. The number of likely N-dealkylation sites (N-methyl/N-ethyl adjacent to an activating group) is 1. The van der Waals surface area contributed by atoms with Crippen LogP contribution in [0, 0.1) is 0 Å². The molecule has 2 aromatic rings. The summed E-state index contributed by atoms with van der Waals surface area (Å²) in [6.45, 7) is 1.91. The summed E-state index contributed by atoms with van der Waals surface area (Å²) in [5, 5.41) is 18.7. The molecule has 0 saturated carbocycles. The van der Waals surface area contributed by atoms with Crippen LogP contribution in [0.25, 0.3) is 0 Å². The topological polar surface area (TPSA) is 140 Å². The predicted molar refractivity (Wildman–Crippen MR) is 135 cm³/mol. The number of thiocarbonyl (C=S) groups is 1. The zero-order valence-corrected chi connectivity index (χ0v) is 21.2. The van der Waals surface area contributed by atoms with E-state index in [2.05, 4.69) is 30.8 Å². The van der Waals surface area contributed by atoms with Crippen LogP contribution in [-0.4, -0.2) is 86.5 Å². The summed E-state index contributed by atoms with van der Waals surface area (Å²) < 4.78 is 0. The van der Waals surface area contributed by atoms with Gasteiger partial charge in [0.2, 0.25) is 0 Å². The lowest BCUT2D eigenvalue weighted by Gasteiger charge is -2.38. The Morgan fingerprint density at radius 3 is 2.74 bits per heavy atom. The van der Waals surface area contributed by atoms with Crippen LogP contribution >= 0.6 is 35.2 Å². The molecule has 186 valence electrons. The third kappa shape index (κ3) is 6.23. The predicted octanol–water partition coefficient (Wildman–Crippen LogP) is 1.59. The number of piperidine rings is 1. The number of nitrogens with zero attached hydrogens (tertiary/aromatic N) is 4. The first kappa shape index (κ1) is 25.2. The number of amides is 3. The van der Waals surface area contributed by atoms with Crippen molar-refractivity contribution in [1.82, 2.24) is 30.4 Å². The van der Waals surface area contributed by atoms with Crippen molar-refractivity contribution in [2.75, 3.05) is 32.0 Å². The van der Waals surface area contributed by atoms with Gasteiger partial charge in [0.1, 0.15) is 5.82 Å². The van der Waals surface area contributed by atoms with Crippen LogP contribution in [0.3, 0.4) is 0 Å². The third-order valence-corrected chi connectivity index (χ3v) is 7.42. The second kappa shape index (κ2) is 10.8. The normalized spacial score (nSPS) is 20.0. The number of halogens is 1. The molecule has 11 nitrogen and oxygen atoms in total. The SMILES string of the molecule is CN1CCc2nc(C(=O)N[C@@H]3CN(C(=O)O)CC[C@@H]3NC(=S)C(=O)Nc3ccc(Cl)cn3)sc2C1. The van der Waals surface area contributed by atoms with Gasteiger partial charge in [-0.15, -0.1) is 11.3 Å². The Hall–Kier alpha value is -2.87. The largest absolute Gasteiger partial charge is 0.465 e. The molecule has 2 aliphatic rings. The number of fused-ring (bicyclic) bond motifs is 1. The van der Waals surface area contributed by atoms with Gasteiger partial charge in [0.15, 0.2) is 10.00 Å². The van der Waals surface area contributed by atoms with Crippen molar-refractivity contribution in [2.24, 2.45) is 0 Å². The highest BCUT2D eigenvalue weighted by Crippen LogP contribution is 2.25. The number of carbonyl (C=O) groups is 3. The van der Waals surface area contributed by atoms with Crippen LogP contribution in [-0.2, 0) is 17.8 Å². The monoisotopic (exact) mass is 537 g/mol. The quantitative estimate of drug-likeness (QED) is 0.428. The lowest BCUT2D eigenvalue weighted by molar-refractivity contribution is -0.110. The highest BCUT2D eigenvalue weighted by Gasteiger charge is 2.34. The van der Waals surface area contributed by atoms with Gasteiger partial charge in [-0.2, -0.15) is 0 Å². The second-order valence-electron chi connectivity index (χ2n) is 8.37. The third-order valence-electron chi connectivity index (χ3n) is 5.81. The molecule has 1 fully saturated rings. The lowest BCUT2D eigenvalue weighted by Crippen LogP contribution is -2.62. The van der Waals surface area contributed by atoms with Gasteiger partial charge in [0.25, 0.3) is 11.8 Å². The average molecular weight is 538 g/mol. The lowest BCUT2D eigenvalue weighted by atomic mass is 9.99. The molecule has 0 aromatic carbocycles. The molecule has 1 saturated heterocycles. The number of hydrogen-bond acceptors (Lipinski definition) is 8. The van der Waals surface area contributed by atoms with Gasteiger partial charge < -0.3 is 30.9 Å². The molecule has 0 bridgehead atoms. The van der Waals surface area contributed by atoms with Crippen LogP contribution < -0.4 is 16.0 Å². The molecule has 0 unspecified atom stereocenters. The number of likely N-dealkylation sites (tertiary alicyclic amines) is 1. The fourth-order valence-corrected chi connectivity index (χ4v) is 5.36. The minimum atomic E-state index is -1.08. The number of carbonyl (C=O) groups excluding carboxylic acids is 2. The van der Waals surface area contributed by atoms with Crippen molar-refractivity contribution in [3.63, 3.8) is 0 Å². The number of nitrogens with one attached hydrogen (secondary N) is 3. The van der Waals surface area contributed by atoms with Gasteiger partial charge in [0, 0.05) is 43.7 Å². The molecule has 0 radical (unpaired) electrons. The molecular formula is C21H24ClN7O4S2. The van der Waals surface area contributed by atoms with Gasteiger partial charge >= 0.3 is 6.09 Å². The minimum Gasteiger partial charge on any atom is -0.465 e. The zero-order valence-electron chi connectivity index (χ0n) is 18.8. The van der Waals surface area contributed by atoms with Crippen molar-refractivity contribution in [2.45, 2.75) is 31.5 Å². The number of rotatable bonds is 4. The number of anilines is 1. The highest BCUT2D eigenvalue weighted by atomic mass is 35.5. The molecule has 0 aliphatic carbocycles. The summed E-state index contributed by atoms with van der Waals surface area (Å²) in [6.07, 6.45) is 1.45. The van der Waals surface area contributed by atoms with Crippen LogP contribution in [0.15, 0.2) is 18.3 Å². The second-order valence-corrected chi connectivity index (χ2v) is 10.3. The molecule has 4 rings (SSSR count). The van der Waals surface area contributed by atoms with Crippen molar-refractivity contribution < 1.29 is 19.5 Å². The Balaban J connectivity index is 1.43. The van der Waals surface area contributed by atoms with Gasteiger partial charge in [-0.1, -0.05) is 23.8 Å². The Bertz CT molecular complexity index is 1140. The highest BCUT2D eigenvalue weighted by molar-refractivity contribution is 7.82. The standard InChI is InChI=1S/C21H24ClN7O4S2/c1-28-6-4-13-15(10-28)35-20(26-13)18(31)24-14-9-29(21(32)33)7-5-12(14)25-19(34)17(30)27-16-3-2-11(22)8-23-16/h2-3,8,12,14H,4-7,9-10H2,1H3,(H,24,31)(H,25,34)(H,32,33)(H,23,27,30)/t12-,14+/m0/s1. The molecular weight excluding hydrogens is 514 g/mol. The first-order chi connectivity index (χ1) is 16.7. The summed E-state index contributed by atoms with van der Waals surface area (Å²) in [4.78, 5) is 50.0. The van der Waals surface area contributed by atoms with Crippen molar-refractivity contribution in [3.8, 4) is 0 Å². The van der Waals surface area contributed by atoms with Crippen molar-refractivity contribution in [3.05, 3.63) is 38.9 Å². The van der Waals surface area contributed by atoms with Gasteiger partial charge in [-0.3, -0.25) is 9.59 Å². The van der Waals surface area contributed by atoms with Crippen molar-refractivity contribution >= 4 is 63.9 Å². The van der Waals surface area contributed by atoms with Crippen LogP contribution in [0.1, 0.15) is 26.8 Å². The summed E-state index contributed by atoms with van der Waals surface area (Å²) in [6, 6.07) is 2.06.